The number of allylic oxidation sites excluding steroid dienone is 1. The molecule has 3 aromatic heterocycles. The van der Waals surface area contributed by atoms with E-state index in [-0.39, 0.29) is 41.7 Å². The second-order valence-corrected chi connectivity index (χ2v) is 20.3. The van der Waals surface area contributed by atoms with Crippen LogP contribution in [-0.4, -0.2) is 123 Å². The van der Waals surface area contributed by atoms with E-state index >= 15 is 0 Å². The molecule has 1 fully saturated rings. The standard InChI is InChI=1S/C53H64N4O14S2/c1-13-33-25(3)37-21-39-27(5)35(16-17-45(63)72-18-15-19-73-53-51(70-32(10)61)50(69-31(9)60)49(68-30(8)59)43(71-53)24-67-29(7)58)47(56-39)36(20-44(62)65-11)48-46(52(64)66-12)28(6)40(57-48)23-42-34(14-2)26(4)38(55-42)22-41(33)54-37/h13,21-23,27,35,43,49-51,53-55H,1,14-20,24H2,2-12H3/t27-,35-,43+,49+,50-,51+,53-/m0/s1. The van der Waals surface area contributed by atoms with Gasteiger partial charge in [0.05, 0.1) is 43.3 Å². The molecule has 1 saturated heterocycles. The van der Waals surface area contributed by atoms with Crippen LogP contribution in [0.3, 0.4) is 0 Å². The third kappa shape index (κ3) is 12.9. The summed E-state index contributed by atoms with van der Waals surface area (Å²) in [7, 11) is 2.59. The van der Waals surface area contributed by atoms with Crippen molar-refractivity contribution < 1.29 is 66.7 Å². The van der Waals surface area contributed by atoms with Crippen molar-refractivity contribution in [3.05, 3.63) is 75.4 Å². The zero-order valence-electron chi connectivity index (χ0n) is 43.1. The lowest BCUT2D eigenvalue weighted by molar-refractivity contribution is -0.237. The number of carbonyl (C=O) groups excluding carboxylic acids is 7. The van der Waals surface area contributed by atoms with E-state index in [1.807, 2.05) is 32.1 Å². The highest BCUT2D eigenvalue weighted by Crippen LogP contribution is 2.44. The molecule has 0 unspecified atom stereocenters. The number of esters is 6. The summed E-state index contributed by atoms with van der Waals surface area (Å²) in [4.78, 5) is 107. The molecule has 3 aromatic rings. The van der Waals surface area contributed by atoms with Crippen molar-refractivity contribution in [2.24, 2.45) is 0 Å². The van der Waals surface area contributed by atoms with E-state index in [2.05, 4.69) is 36.5 Å². The Morgan fingerprint density at radius 3 is 2.07 bits per heavy atom. The average Bonchev–Trinajstić information content (AvgIpc) is 4.02. The van der Waals surface area contributed by atoms with E-state index < -0.39 is 71.6 Å². The highest BCUT2D eigenvalue weighted by atomic mass is 32.2. The second-order valence-electron chi connectivity index (χ2n) is 18.0. The van der Waals surface area contributed by atoms with Crippen LogP contribution < -0.4 is 0 Å². The normalized spacial score (nSPS) is 20.5. The minimum atomic E-state index is -1.28. The topological polar surface area (TPSA) is 241 Å². The van der Waals surface area contributed by atoms with Crippen molar-refractivity contribution in [2.45, 2.75) is 136 Å². The number of fused-ring (bicyclic) bond motifs is 8. The number of carbonyl (C=O) groups is 7. The Morgan fingerprint density at radius 1 is 0.781 bits per heavy atom. The number of nitrogens with one attached hydrogen (secondary N) is 2. The van der Waals surface area contributed by atoms with Crippen LogP contribution in [0.15, 0.2) is 24.8 Å². The molecule has 0 amide bonds. The fraction of sp³-hybridized carbons (Fsp3) is 0.491. The molecule has 2 N–H and O–H groups in total. The minimum Gasteiger partial charge on any atom is -0.469 e. The maximum absolute atomic E-state index is 13.8. The number of methoxy groups -OCH3 is 2. The molecule has 18 nitrogen and oxygen atoms in total. The number of aryl methyl sites for hydroxylation is 3. The van der Waals surface area contributed by atoms with E-state index in [0.717, 1.165) is 69.9 Å². The number of aromatic amines is 2. The van der Waals surface area contributed by atoms with Crippen molar-refractivity contribution in [3.63, 3.8) is 0 Å². The van der Waals surface area contributed by atoms with Crippen LogP contribution >= 0.6 is 23.5 Å². The Kier molecular flexibility index (Phi) is 18.9. The largest absolute Gasteiger partial charge is 0.469 e. The molecular formula is C53H64N4O14S2. The molecule has 6 heterocycles. The van der Waals surface area contributed by atoms with Crippen LogP contribution in [0.5, 0.6) is 0 Å². The average molecular weight is 1050 g/mol. The predicted octanol–water partition coefficient (Wildman–Crippen LogP) is 8.09. The maximum atomic E-state index is 13.8. The molecule has 0 aliphatic carbocycles. The summed E-state index contributed by atoms with van der Waals surface area (Å²) in [6.45, 7) is 18.5. The summed E-state index contributed by atoms with van der Waals surface area (Å²) in [5, 5.41) is -0.0910. The summed E-state index contributed by atoms with van der Waals surface area (Å²) >= 11 is 2.39. The van der Waals surface area contributed by atoms with Gasteiger partial charge in [-0.2, -0.15) is 0 Å². The lowest BCUT2D eigenvalue weighted by atomic mass is 9.84. The summed E-state index contributed by atoms with van der Waals surface area (Å²) in [6.07, 6.45) is -1.57. The number of thioether (sulfide) groups is 2. The van der Waals surface area contributed by atoms with Gasteiger partial charge in [0.2, 0.25) is 0 Å². The van der Waals surface area contributed by atoms with Crippen molar-refractivity contribution in [1.82, 2.24) is 19.9 Å². The summed E-state index contributed by atoms with van der Waals surface area (Å²) < 4.78 is 38.6. The zero-order chi connectivity index (χ0) is 53.4. The van der Waals surface area contributed by atoms with Crippen molar-refractivity contribution in [2.75, 3.05) is 32.3 Å². The van der Waals surface area contributed by atoms with E-state index in [1.54, 1.807) is 6.92 Å². The summed E-state index contributed by atoms with van der Waals surface area (Å²) in [5.74, 6) is -3.83. The lowest BCUT2D eigenvalue weighted by Gasteiger charge is -2.44. The molecule has 8 bridgehead atoms. The van der Waals surface area contributed by atoms with Crippen molar-refractivity contribution >= 4 is 104 Å². The fourth-order valence-electron chi connectivity index (χ4n) is 9.52. The number of hydrogen-bond donors (Lipinski definition) is 2. The van der Waals surface area contributed by atoms with Gasteiger partial charge in [-0.25, -0.2) is 9.78 Å². The first-order valence-corrected chi connectivity index (χ1v) is 26.1. The summed E-state index contributed by atoms with van der Waals surface area (Å²) in [6, 6.07) is 5.96. The molecule has 73 heavy (non-hydrogen) atoms. The van der Waals surface area contributed by atoms with Crippen LogP contribution in [0.25, 0.3) is 39.3 Å². The molecule has 0 radical (unpaired) electrons. The van der Waals surface area contributed by atoms with Gasteiger partial charge in [0.15, 0.2) is 23.4 Å². The molecule has 7 atom stereocenters. The number of hydrogen-bond acceptors (Lipinski definition) is 18. The number of nitrogens with zero attached hydrogens (tertiary/aromatic N) is 2. The van der Waals surface area contributed by atoms with E-state index in [4.69, 9.17) is 43.1 Å². The van der Waals surface area contributed by atoms with Gasteiger partial charge in [0.25, 0.3) is 0 Å². The van der Waals surface area contributed by atoms with Gasteiger partial charge in [-0.15, -0.1) is 11.8 Å². The van der Waals surface area contributed by atoms with Crippen molar-refractivity contribution in [3.8, 4) is 0 Å². The molecule has 6 rings (SSSR count). The van der Waals surface area contributed by atoms with Gasteiger partial charge < -0.3 is 43.1 Å². The maximum Gasteiger partial charge on any atom is 0.340 e. The molecule has 0 spiro atoms. The zero-order valence-corrected chi connectivity index (χ0v) is 44.8. The Bertz CT molecular complexity index is 2890. The van der Waals surface area contributed by atoms with Gasteiger partial charge in [-0.3, -0.25) is 33.8 Å². The smallest absolute Gasteiger partial charge is 0.340 e. The third-order valence-corrected chi connectivity index (χ3v) is 15.4. The molecule has 20 heteroatoms. The lowest BCUT2D eigenvalue weighted by Crippen LogP contribution is -2.61. The van der Waals surface area contributed by atoms with Crippen LogP contribution in [0.1, 0.15) is 130 Å². The van der Waals surface area contributed by atoms with Gasteiger partial charge in [0.1, 0.15) is 18.1 Å². The molecule has 3 aliphatic heterocycles. The monoisotopic (exact) mass is 1040 g/mol. The van der Waals surface area contributed by atoms with Gasteiger partial charge >= 0.3 is 35.8 Å². The quantitative estimate of drug-likeness (QED) is 0.0695. The Labute approximate surface area is 432 Å². The van der Waals surface area contributed by atoms with Crippen molar-refractivity contribution in [1.29, 1.82) is 0 Å². The number of H-pyrrole nitrogens is 2. The minimum absolute atomic E-state index is 0.0910. The van der Waals surface area contributed by atoms with Crippen LogP contribution in [-0.2, 0) is 79.6 Å². The highest BCUT2D eigenvalue weighted by molar-refractivity contribution is 8.13. The van der Waals surface area contributed by atoms with Crippen LogP contribution in [0, 0.1) is 13.8 Å². The number of ether oxygens (including phenoxy) is 7. The highest BCUT2D eigenvalue weighted by Gasteiger charge is 2.52. The third-order valence-electron chi connectivity index (χ3n) is 13.1. The van der Waals surface area contributed by atoms with Gasteiger partial charge in [0, 0.05) is 90.6 Å². The first kappa shape index (κ1) is 56.1. The molecule has 0 aromatic carbocycles. The van der Waals surface area contributed by atoms with E-state index in [0.29, 0.717) is 59.0 Å². The van der Waals surface area contributed by atoms with Crippen LogP contribution in [0.2, 0.25) is 0 Å². The Balaban J connectivity index is 1.32. The van der Waals surface area contributed by atoms with E-state index in [9.17, 15) is 33.6 Å². The second kappa shape index (κ2) is 24.6. The number of rotatable bonds is 18. The molecule has 392 valence electrons. The first-order chi connectivity index (χ1) is 34.7. The predicted molar refractivity (Wildman–Crippen MR) is 277 cm³/mol. The fourth-order valence-corrected chi connectivity index (χ4v) is 11.6. The Hall–Kier alpha value is -6.25. The van der Waals surface area contributed by atoms with Gasteiger partial charge in [-0.05, 0) is 86.2 Å². The number of aromatic nitrogens is 4. The first-order valence-electron chi connectivity index (χ1n) is 24.0. The van der Waals surface area contributed by atoms with E-state index in [1.165, 1.54) is 39.8 Å². The van der Waals surface area contributed by atoms with Gasteiger partial charge in [-0.1, -0.05) is 38.3 Å². The SMILES string of the molecule is C=Cc1c(C)c2cc3nc(c(CC(=O)OC)c4nc(cc5[nH]c(cc1[nH]2)c(C)c5CC)C(C)=C4C(=O)OC)[C@@H](CCC(=O)SCCCS[C@@H]1O[C@H](COC(C)=O)[C@@H](OC(C)=O)[C@H](OC(C)=O)[C@H]1OC(C)=O)[C@@H]3C. The summed E-state index contributed by atoms with van der Waals surface area (Å²) in [5.41, 5.74) is 9.58. The Morgan fingerprint density at radius 2 is 1.44 bits per heavy atom. The van der Waals surface area contributed by atoms with Crippen LogP contribution in [0.4, 0.5) is 0 Å². The molecular weight excluding hydrogens is 981 g/mol. The molecule has 3 aliphatic rings. The molecule has 0 saturated carbocycles.